The highest BCUT2D eigenvalue weighted by molar-refractivity contribution is 8.01. The van der Waals surface area contributed by atoms with Crippen molar-refractivity contribution in [3.8, 4) is 11.3 Å². The van der Waals surface area contributed by atoms with Gasteiger partial charge in [0.25, 0.3) is 0 Å². The summed E-state index contributed by atoms with van der Waals surface area (Å²) in [5.41, 5.74) is 0.718. The van der Waals surface area contributed by atoms with E-state index in [1.165, 1.54) is 0 Å². The molecule has 2 fully saturated rings. The van der Waals surface area contributed by atoms with Crippen LogP contribution < -0.4 is 0 Å². The molecule has 2 amide bonds. The first-order chi connectivity index (χ1) is 13.9. The van der Waals surface area contributed by atoms with E-state index in [0.717, 1.165) is 18.4 Å². The van der Waals surface area contributed by atoms with Crippen LogP contribution in [0.25, 0.3) is 11.3 Å². The number of carbonyl (C=O) groups excluding carboxylic acids is 2. The summed E-state index contributed by atoms with van der Waals surface area (Å²) in [4.78, 5) is 27.8. The van der Waals surface area contributed by atoms with Crippen molar-refractivity contribution >= 4 is 58.4 Å². The molecule has 0 aliphatic carbocycles. The number of furan rings is 1. The molecule has 0 radical (unpaired) electrons. The molecular weight excluding hydrogens is 455 g/mol. The van der Waals surface area contributed by atoms with Gasteiger partial charge in [-0.25, -0.2) is 0 Å². The molecule has 0 unspecified atom stereocenters. The van der Waals surface area contributed by atoms with E-state index in [4.69, 9.17) is 39.2 Å². The van der Waals surface area contributed by atoms with Crippen LogP contribution in [-0.2, 0) is 16.1 Å². The Labute approximate surface area is 188 Å². The van der Waals surface area contributed by atoms with Crippen LogP contribution in [-0.4, -0.2) is 51.2 Å². The molecule has 0 atom stereocenters. The Morgan fingerprint density at radius 2 is 1.93 bits per heavy atom. The Bertz CT molecular complexity index is 941. The van der Waals surface area contributed by atoms with Gasteiger partial charge < -0.3 is 14.2 Å². The van der Waals surface area contributed by atoms with Crippen LogP contribution >= 0.6 is 46.6 Å². The van der Waals surface area contributed by atoms with Gasteiger partial charge in [-0.3, -0.25) is 9.59 Å². The molecule has 3 heterocycles. The average molecular weight is 474 g/mol. The van der Waals surface area contributed by atoms with Crippen molar-refractivity contribution in [3.63, 3.8) is 0 Å². The van der Waals surface area contributed by atoms with Gasteiger partial charge >= 0.3 is 0 Å². The molecule has 1 spiro atoms. The molecule has 9 heteroatoms. The molecule has 0 N–H and O–H groups in total. The third-order valence-electron chi connectivity index (χ3n) is 5.46. The lowest BCUT2D eigenvalue weighted by atomic mass is 10.0. The van der Waals surface area contributed by atoms with Gasteiger partial charge in [0.1, 0.15) is 17.4 Å². The van der Waals surface area contributed by atoms with E-state index in [2.05, 4.69) is 0 Å². The van der Waals surface area contributed by atoms with E-state index in [1.807, 2.05) is 29.2 Å². The van der Waals surface area contributed by atoms with Gasteiger partial charge in [0.2, 0.25) is 11.8 Å². The van der Waals surface area contributed by atoms with E-state index in [1.54, 1.807) is 22.7 Å². The Balaban J connectivity index is 1.51. The van der Waals surface area contributed by atoms with E-state index in [9.17, 15) is 9.59 Å². The van der Waals surface area contributed by atoms with Crippen LogP contribution in [0.1, 0.15) is 18.6 Å². The maximum absolute atomic E-state index is 12.6. The number of nitrogens with zero attached hydrogens (tertiary/aromatic N) is 2. The molecule has 0 saturated carbocycles. The fourth-order valence-corrected chi connectivity index (χ4v) is 5.78. The summed E-state index contributed by atoms with van der Waals surface area (Å²) in [6.07, 6.45) is 1.44. The molecule has 1 aromatic carbocycles. The molecule has 4 rings (SSSR count). The third kappa shape index (κ3) is 4.00. The van der Waals surface area contributed by atoms with Crippen molar-refractivity contribution in [1.82, 2.24) is 9.80 Å². The van der Waals surface area contributed by atoms with Crippen molar-refractivity contribution in [2.24, 2.45) is 0 Å². The SMILES string of the molecule is O=C(CCl)N1CCC2(CC1)SCC(=O)N2Cc1ccc(-c2cccc(Cl)c2Cl)o1. The zero-order valence-corrected chi connectivity index (χ0v) is 18.6. The van der Waals surface area contributed by atoms with Crippen LogP contribution in [0.15, 0.2) is 34.7 Å². The molecule has 2 aromatic rings. The summed E-state index contributed by atoms with van der Waals surface area (Å²) in [5.74, 6) is 1.76. The second-order valence-corrected chi connectivity index (χ2v) is 9.49. The number of amides is 2. The number of rotatable bonds is 4. The Hall–Kier alpha value is -1.34. The summed E-state index contributed by atoms with van der Waals surface area (Å²) < 4.78 is 6.00. The molecule has 154 valence electrons. The average Bonchev–Trinajstić information content (AvgIpc) is 3.31. The molecule has 1 aromatic heterocycles. The minimum Gasteiger partial charge on any atom is -0.459 e. The largest absolute Gasteiger partial charge is 0.459 e. The van der Waals surface area contributed by atoms with Crippen molar-refractivity contribution < 1.29 is 14.0 Å². The Morgan fingerprint density at radius 3 is 2.66 bits per heavy atom. The standard InChI is InChI=1S/C20H19Cl3N2O3S/c21-10-17(26)24-8-6-20(7-9-24)25(18(27)12-29-20)11-13-4-5-16(28-13)14-2-1-3-15(22)19(14)23/h1-5H,6-12H2. The van der Waals surface area contributed by atoms with Crippen molar-refractivity contribution in [1.29, 1.82) is 0 Å². The monoisotopic (exact) mass is 472 g/mol. The van der Waals surface area contributed by atoms with Gasteiger partial charge in [0, 0.05) is 18.7 Å². The van der Waals surface area contributed by atoms with E-state index >= 15 is 0 Å². The smallest absolute Gasteiger partial charge is 0.237 e. The summed E-state index contributed by atoms with van der Waals surface area (Å²) in [5, 5.41) is 0.904. The number of benzene rings is 1. The van der Waals surface area contributed by atoms with Crippen molar-refractivity contribution in [3.05, 3.63) is 46.1 Å². The quantitative estimate of drug-likeness (QED) is 0.594. The molecule has 5 nitrogen and oxygen atoms in total. The molecule has 2 aliphatic rings. The summed E-state index contributed by atoms with van der Waals surface area (Å²) in [6, 6.07) is 9.09. The number of hydrogen-bond donors (Lipinski definition) is 0. The minimum absolute atomic E-state index is 0.00990. The third-order valence-corrected chi connectivity index (χ3v) is 8.07. The van der Waals surface area contributed by atoms with Crippen molar-refractivity contribution in [2.45, 2.75) is 24.3 Å². The number of likely N-dealkylation sites (tertiary alicyclic amines) is 1. The highest BCUT2D eigenvalue weighted by Crippen LogP contribution is 2.45. The first-order valence-electron chi connectivity index (χ1n) is 9.25. The van der Waals surface area contributed by atoms with Gasteiger partial charge in [-0.15, -0.1) is 23.4 Å². The number of carbonyl (C=O) groups is 2. The van der Waals surface area contributed by atoms with Crippen LogP contribution in [0.2, 0.25) is 10.0 Å². The highest BCUT2D eigenvalue weighted by atomic mass is 35.5. The summed E-state index contributed by atoms with van der Waals surface area (Å²) in [6.45, 7) is 1.58. The molecule has 2 aliphatic heterocycles. The zero-order chi connectivity index (χ0) is 20.6. The van der Waals surface area contributed by atoms with Crippen LogP contribution in [0.5, 0.6) is 0 Å². The van der Waals surface area contributed by atoms with Gasteiger partial charge in [0.15, 0.2) is 0 Å². The van der Waals surface area contributed by atoms with Crippen LogP contribution in [0, 0.1) is 0 Å². The van der Waals surface area contributed by atoms with Gasteiger partial charge in [-0.2, -0.15) is 0 Å². The van der Waals surface area contributed by atoms with E-state index < -0.39 is 0 Å². The molecular formula is C20H19Cl3N2O3S. The predicted octanol–water partition coefficient (Wildman–Crippen LogP) is 4.89. The number of piperidine rings is 1. The lowest BCUT2D eigenvalue weighted by molar-refractivity contribution is -0.134. The highest BCUT2D eigenvalue weighted by Gasteiger charge is 2.48. The Morgan fingerprint density at radius 1 is 1.17 bits per heavy atom. The first kappa shape index (κ1) is 20.9. The molecule has 29 heavy (non-hydrogen) atoms. The van der Waals surface area contributed by atoms with E-state index in [0.29, 0.717) is 47.0 Å². The van der Waals surface area contributed by atoms with E-state index in [-0.39, 0.29) is 22.6 Å². The number of halogens is 3. The van der Waals surface area contributed by atoms with Crippen LogP contribution in [0.4, 0.5) is 0 Å². The second-order valence-electron chi connectivity index (χ2n) is 7.10. The maximum Gasteiger partial charge on any atom is 0.237 e. The number of alkyl halides is 1. The Kier molecular flexibility index (Phi) is 6.07. The van der Waals surface area contributed by atoms with Crippen LogP contribution in [0.3, 0.4) is 0 Å². The lowest BCUT2D eigenvalue weighted by Crippen LogP contribution is -2.52. The summed E-state index contributed by atoms with van der Waals surface area (Å²) >= 11 is 19.7. The first-order valence-corrected chi connectivity index (χ1v) is 11.5. The second kappa shape index (κ2) is 8.42. The summed E-state index contributed by atoms with van der Waals surface area (Å²) in [7, 11) is 0. The van der Waals surface area contributed by atoms with Gasteiger partial charge in [-0.05, 0) is 37.1 Å². The number of thioether (sulfide) groups is 1. The lowest BCUT2D eigenvalue weighted by Gasteiger charge is -2.43. The van der Waals surface area contributed by atoms with Gasteiger partial charge in [-0.1, -0.05) is 29.3 Å². The molecule has 0 bridgehead atoms. The topological polar surface area (TPSA) is 53.8 Å². The fraction of sp³-hybridized carbons (Fsp3) is 0.400. The predicted molar refractivity (Wildman–Crippen MR) is 116 cm³/mol. The minimum atomic E-state index is -0.305. The molecule has 2 saturated heterocycles. The normalized spacial score (nSPS) is 18.7. The van der Waals surface area contributed by atoms with Crippen molar-refractivity contribution in [2.75, 3.05) is 24.7 Å². The van der Waals surface area contributed by atoms with Gasteiger partial charge in [0.05, 0.1) is 27.2 Å². The maximum atomic E-state index is 12.6. The zero-order valence-electron chi connectivity index (χ0n) is 15.5. The number of hydrogen-bond acceptors (Lipinski definition) is 4. The fourth-order valence-electron chi connectivity index (χ4n) is 3.87.